The Balaban J connectivity index is 2.89. The zero-order chi connectivity index (χ0) is 10.3. The first kappa shape index (κ1) is 8.87. The summed E-state index contributed by atoms with van der Waals surface area (Å²) in [5.41, 5.74) is -0.413. The number of hydrogen-bond acceptors (Lipinski definition) is 2. The fourth-order valence-electron chi connectivity index (χ4n) is 1.36. The van der Waals surface area contributed by atoms with Crippen LogP contribution in [0.3, 0.4) is 0 Å². The van der Waals surface area contributed by atoms with Gasteiger partial charge in [-0.1, -0.05) is 0 Å². The zero-order valence-electron chi connectivity index (χ0n) is 7.30. The van der Waals surface area contributed by atoms with Gasteiger partial charge in [0.1, 0.15) is 17.2 Å². The van der Waals surface area contributed by atoms with E-state index >= 15 is 0 Å². The zero-order valence-corrected chi connectivity index (χ0v) is 7.30. The maximum Gasteiger partial charge on any atom is 0.165 e. The minimum atomic E-state index is -0.891. The Kier molecular flexibility index (Phi) is 1.84. The molecule has 0 aliphatic rings. The molecule has 0 aliphatic heterocycles. The molecule has 0 fully saturated rings. The number of halogens is 2. The molecule has 0 aliphatic carbocycles. The standard InChI is InChI=1S/C10H6F2O2/c1-5(13)9-7(11)4-8-6(10(9)12)2-3-14-8/h2-4H,1H3. The van der Waals surface area contributed by atoms with Crippen LogP contribution in [-0.4, -0.2) is 5.78 Å². The number of carbonyl (C=O) groups is 1. The van der Waals surface area contributed by atoms with Gasteiger partial charge in [-0.25, -0.2) is 8.78 Å². The van der Waals surface area contributed by atoms with Gasteiger partial charge in [0, 0.05) is 6.07 Å². The molecule has 0 bridgehead atoms. The molecule has 0 amide bonds. The molecular weight excluding hydrogens is 190 g/mol. The number of hydrogen-bond donors (Lipinski definition) is 0. The topological polar surface area (TPSA) is 30.2 Å². The lowest BCUT2D eigenvalue weighted by Gasteiger charge is -2.00. The predicted molar refractivity (Wildman–Crippen MR) is 46.1 cm³/mol. The first-order valence-electron chi connectivity index (χ1n) is 3.97. The van der Waals surface area contributed by atoms with Gasteiger partial charge in [0.2, 0.25) is 0 Å². The van der Waals surface area contributed by atoms with E-state index in [0.717, 1.165) is 13.0 Å². The van der Waals surface area contributed by atoms with Gasteiger partial charge in [0.05, 0.1) is 17.2 Å². The Morgan fingerprint density at radius 3 is 2.79 bits per heavy atom. The highest BCUT2D eigenvalue weighted by atomic mass is 19.1. The van der Waals surface area contributed by atoms with E-state index in [0.29, 0.717) is 0 Å². The van der Waals surface area contributed by atoms with Gasteiger partial charge in [-0.2, -0.15) is 0 Å². The molecule has 0 atom stereocenters. The third-order valence-electron chi connectivity index (χ3n) is 2.00. The molecule has 0 N–H and O–H groups in total. The fourth-order valence-corrected chi connectivity index (χ4v) is 1.36. The Hall–Kier alpha value is -1.71. The van der Waals surface area contributed by atoms with Crippen molar-refractivity contribution in [3.8, 4) is 0 Å². The van der Waals surface area contributed by atoms with Crippen molar-refractivity contribution < 1.29 is 18.0 Å². The molecule has 2 rings (SSSR count). The minimum absolute atomic E-state index is 0.102. The van der Waals surface area contributed by atoms with Crippen molar-refractivity contribution in [1.29, 1.82) is 0 Å². The number of benzene rings is 1. The smallest absolute Gasteiger partial charge is 0.165 e. The van der Waals surface area contributed by atoms with E-state index in [1.165, 1.54) is 12.3 Å². The molecule has 4 heteroatoms. The highest BCUT2D eigenvalue weighted by Crippen LogP contribution is 2.24. The molecule has 14 heavy (non-hydrogen) atoms. The molecule has 0 radical (unpaired) electrons. The van der Waals surface area contributed by atoms with Gasteiger partial charge in [-0.05, 0) is 13.0 Å². The van der Waals surface area contributed by atoms with E-state index < -0.39 is 23.0 Å². The van der Waals surface area contributed by atoms with Crippen LogP contribution in [0.5, 0.6) is 0 Å². The Morgan fingerprint density at radius 2 is 2.14 bits per heavy atom. The molecule has 2 nitrogen and oxygen atoms in total. The van der Waals surface area contributed by atoms with Crippen LogP contribution in [0.25, 0.3) is 11.0 Å². The van der Waals surface area contributed by atoms with Crippen LogP contribution < -0.4 is 0 Å². The van der Waals surface area contributed by atoms with Crippen molar-refractivity contribution in [2.75, 3.05) is 0 Å². The van der Waals surface area contributed by atoms with Crippen LogP contribution in [0, 0.1) is 11.6 Å². The van der Waals surface area contributed by atoms with Gasteiger partial charge in [-0.15, -0.1) is 0 Å². The Bertz CT molecular complexity index is 514. The van der Waals surface area contributed by atoms with Gasteiger partial charge in [-0.3, -0.25) is 4.79 Å². The summed E-state index contributed by atoms with van der Waals surface area (Å²) in [5, 5.41) is 0.122. The second kappa shape index (κ2) is 2.90. The van der Waals surface area contributed by atoms with Crippen LogP contribution >= 0.6 is 0 Å². The first-order chi connectivity index (χ1) is 6.61. The van der Waals surface area contributed by atoms with Crippen molar-refractivity contribution >= 4 is 16.8 Å². The van der Waals surface area contributed by atoms with Crippen LogP contribution in [0.2, 0.25) is 0 Å². The molecule has 0 saturated heterocycles. The fraction of sp³-hybridized carbons (Fsp3) is 0.100. The summed E-state index contributed by atoms with van der Waals surface area (Å²) in [7, 11) is 0. The largest absolute Gasteiger partial charge is 0.464 e. The normalized spacial score (nSPS) is 10.8. The summed E-state index contributed by atoms with van der Waals surface area (Å²) < 4.78 is 31.5. The van der Waals surface area contributed by atoms with E-state index in [4.69, 9.17) is 4.42 Å². The summed E-state index contributed by atoms with van der Waals surface area (Å²) in [6.07, 6.45) is 1.25. The lowest BCUT2D eigenvalue weighted by atomic mass is 10.1. The Morgan fingerprint density at radius 1 is 1.43 bits per heavy atom. The van der Waals surface area contributed by atoms with Gasteiger partial charge in [0.25, 0.3) is 0 Å². The molecular formula is C10H6F2O2. The van der Waals surface area contributed by atoms with Gasteiger partial charge in [0.15, 0.2) is 5.78 Å². The summed E-state index contributed by atoms with van der Waals surface area (Å²) in [6.45, 7) is 1.12. The van der Waals surface area contributed by atoms with E-state index in [1.54, 1.807) is 0 Å². The number of Topliss-reactive ketones (excluding diaryl/α,β-unsaturated/α-hetero) is 1. The molecule has 1 heterocycles. The van der Waals surface area contributed by atoms with Crippen LogP contribution in [0.15, 0.2) is 22.8 Å². The number of ketones is 1. The SMILES string of the molecule is CC(=O)c1c(F)cc2occc2c1F. The maximum atomic E-state index is 13.5. The third-order valence-corrected chi connectivity index (χ3v) is 2.00. The summed E-state index contributed by atoms with van der Waals surface area (Å²) >= 11 is 0. The number of rotatable bonds is 1. The second-order valence-electron chi connectivity index (χ2n) is 2.94. The molecule has 1 aromatic carbocycles. The Labute approximate surface area is 78.1 Å². The summed E-state index contributed by atoms with van der Waals surface area (Å²) in [6, 6.07) is 2.37. The van der Waals surface area contributed by atoms with Crippen molar-refractivity contribution in [3.05, 3.63) is 35.6 Å². The predicted octanol–water partition coefficient (Wildman–Crippen LogP) is 2.91. The number of carbonyl (C=O) groups excluding carboxylic acids is 1. The number of fused-ring (bicyclic) bond motifs is 1. The monoisotopic (exact) mass is 196 g/mol. The van der Waals surface area contributed by atoms with Gasteiger partial charge >= 0.3 is 0 Å². The van der Waals surface area contributed by atoms with Gasteiger partial charge < -0.3 is 4.42 Å². The van der Waals surface area contributed by atoms with E-state index in [9.17, 15) is 13.6 Å². The lowest BCUT2D eigenvalue weighted by molar-refractivity contribution is 0.101. The molecule has 1 aromatic heterocycles. The quantitative estimate of drug-likeness (QED) is 0.656. The average molecular weight is 196 g/mol. The highest BCUT2D eigenvalue weighted by Gasteiger charge is 2.18. The summed E-state index contributed by atoms with van der Waals surface area (Å²) in [4.78, 5) is 10.9. The molecule has 0 spiro atoms. The maximum absolute atomic E-state index is 13.5. The first-order valence-corrected chi connectivity index (χ1v) is 3.97. The second-order valence-corrected chi connectivity index (χ2v) is 2.94. The number of furan rings is 1. The average Bonchev–Trinajstić information content (AvgIpc) is 2.50. The molecule has 0 saturated carbocycles. The molecule has 72 valence electrons. The summed E-state index contributed by atoms with van der Waals surface area (Å²) in [5.74, 6) is -2.39. The van der Waals surface area contributed by atoms with Crippen molar-refractivity contribution in [3.63, 3.8) is 0 Å². The van der Waals surface area contributed by atoms with Crippen LogP contribution in [0.1, 0.15) is 17.3 Å². The van der Waals surface area contributed by atoms with Crippen LogP contribution in [0.4, 0.5) is 8.78 Å². The molecule has 0 unspecified atom stereocenters. The van der Waals surface area contributed by atoms with E-state index in [-0.39, 0.29) is 11.0 Å². The van der Waals surface area contributed by atoms with Crippen molar-refractivity contribution in [2.45, 2.75) is 6.92 Å². The van der Waals surface area contributed by atoms with Crippen LogP contribution in [-0.2, 0) is 0 Å². The molecule has 2 aromatic rings. The van der Waals surface area contributed by atoms with Crippen molar-refractivity contribution in [1.82, 2.24) is 0 Å². The lowest BCUT2D eigenvalue weighted by Crippen LogP contribution is -2.01. The van der Waals surface area contributed by atoms with E-state index in [2.05, 4.69) is 0 Å². The third kappa shape index (κ3) is 1.11. The van der Waals surface area contributed by atoms with Crippen molar-refractivity contribution in [2.24, 2.45) is 0 Å². The minimum Gasteiger partial charge on any atom is -0.464 e. The highest BCUT2D eigenvalue weighted by molar-refractivity contribution is 5.98. The van der Waals surface area contributed by atoms with E-state index in [1.807, 2.05) is 0 Å².